The van der Waals surface area contributed by atoms with Crippen molar-refractivity contribution in [2.45, 2.75) is 24.9 Å². The number of dihydropyridines is 1. The lowest BCUT2D eigenvalue weighted by Crippen LogP contribution is -2.40. The van der Waals surface area contributed by atoms with E-state index in [4.69, 9.17) is 4.99 Å². The van der Waals surface area contributed by atoms with Gasteiger partial charge in [-0.2, -0.15) is 5.10 Å². The Balaban J connectivity index is 1.74. The molecule has 2 unspecified atom stereocenters. The van der Waals surface area contributed by atoms with Crippen molar-refractivity contribution in [1.29, 1.82) is 0 Å². The number of benzene rings is 2. The molecule has 0 saturated carbocycles. The molecule has 6 heteroatoms. The molecule has 3 heterocycles. The molecule has 0 amide bonds. The summed E-state index contributed by atoms with van der Waals surface area (Å²) in [5.74, 6) is -0.0532. The summed E-state index contributed by atoms with van der Waals surface area (Å²) in [5, 5.41) is 15.7. The van der Waals surface area contributed by atoms with E-state index in [1.54, 1.807) is 0 Å². The Hall–Kier alpha value is -3.25. The van der Waals surface area contributed by atoms with Gasteiger partial charge < -0.3 is 10.6 Å². The molecule has 146 valence electrons. The van der Waals surface area contributed by atoms with E-state index < -0.39 is 0 Å². The van der Waals surface area contributed by atoms with E-state index in [-0.39, 0.29) is 17.5 Å². The molecule has 3 N–H and O–H groups in total. The summed E-state index contributed by atoms with van der Waals surface area (Å²) in [7, 11) is 1.95. The molecular formula is C23H23N5O. The highest BCUT2D eigenvalue weighted by molar-refractivity contribution is 6.07. The molecular weight excluding hydrogens is 362 g/mol. The highest BCUT2D eigenvalue weighted by atomic mass is 16.1. The van der Waals surface area contributed by atoms with Crippen LogP contribution < -0.4 is 16.2 Å². The molecule has 0 aliphatic carbocycles. The Kier molecular flexibility index (Phi) is 4.48. The number of hydrogen-bond donors (Lipinski definition) is 3. The Bertz CT molecular complexity index is 1190. The van der Waals surface area contributed by atoms with Gasteiger partial charge in [0.05, 0.1) is 28.8 Å². The molecule has 6 nitrogen and oxygen atoms in total. The van der Waals surface area contributed by atoms with Crippen molar-refractivity contribution in [1.82, 2.24) is 15.5 Å². The summed E-state index contributed by atoms with van der Waals surface area (Å²) in [6.07, 6.45) is 5.26. The Morgan fingerprint density at radius 2 is 2.10 bits per heavy atom. The van der Waals surface area contributed by atoms with Crippen LogP contribution in [0.4, 0.5) is 5.69 Å². The van der Waals surface area contributed by atoms with Crippen molar-refractivity contribution in [2.24, 2.45) is 4.99 Å². The number of aromatic amines is 1. The number of anilines is 1. The smallest absolute Gasteiger partial charge is 0.272 e. The number of aromatic nitrogens is 2. The fraction of sp³-hybridized carbons (Fsp3) is 0.261. The van der Waals surface area contributed by atoms with Gasteiger partial charge in [-0.1, -0.05) is 36.4 Å². The minimum absolute atomic E-state index is 0.0483. The van der Waals surface area contributed by atoms with Crippen molar-refractivity contribution in [3.05, 3.63) is 81.8 Å². The van der Waals surface area contributed by atoms with Gasteiger partial charge in [-0.25, -0.2) is 5.10 Å². The summed E-state index contributed by atoms with van der Waals surface area (Å²) < 4.78 is 0. The molecule has 2 atom stereocenters. The van der Waals surface area contributed by atoms with Crippen LogP contribution in [0, 0.1) is 0 Å². The Labute approximate surface area is 168 Å². The van der Waals surface area contributed by atoms with Crippen molar-refractivity contribution < 1.29 is 0 Å². The maximum Gasteiger partial charge on any atom is 0.272 e. The first-order chi connectivity index (χ1) is 14.3. The molecule has 0 fully saturated rings. The third-order valence-electron chi connectivity index (χ3n) is 5.67. The van der Waals surface area contributed by atoms with Gasteiger partial charge in [0, 0.05) is 24.2 Å². The van der Waals surface area contributed by atoms with Crippen molar-refractivity contribution in [2.75, 3.05) is 18.9 Å². The average molecular weight is 385 g/mol. The zero-order valence-corrected chi connectivity index (χ0v) is 16.3. The van der Waals surface area contributed by atoms with Crippen molar-refractivity contribution in [3.63, 3.8) is 0 Å². The number of hydrogen-bond acceptors (Lipinski definition) is 5. The average Bonchev–Trinajstić information content (AvgIpc) is 2.77. The minimum Gasteiger partial charge on any atom is -0.375 e. The molecule has 0 saturated heterocycles. The molecule has 2 aromatic carbocycles. The number of H-pyrrole nitrogens is 1. The number of nitrogens with zero attached hydrogens (tertiary/aromatic N) is 2. The zero-order chi connectivity index (χ0) is 19.8. The van der Waals surface area contributed by atoms with Crippen LogP contribution in [0.5, 0.6) is 0 Å². The SMILES string of the molecule is CNCc1cccc(C2c3n[nH]c(=O)c4cccc(c34)NC2C2=NCCC=C2)c1. The monoisotopic (exact) mass is 385 g/mol. The highest BCUT2D eigenvalue weighted by Gasteiger charge is 2.36. The molecule has 0 radical (unpaired) electrons. The fourth-order valence-corrected chi connectivity index (χ4v) is 4.42. The van der Waals surface area contributed by atoms with Gasteiger partial charge in [0.2, 0.25) is 0 Å². The maximum absolute atomic E-state index is 12.4. The van der Waals surface area contributed by atoms with E-state index in [9.17, 15) is 4.79 Å². The van der Waals surface area contributed by atoms with Crippen LogP contribution in [0.15, 0.2) is 64.4 Å². The van der Waals surface area contributed by atoms with Gasteiger partial charge in [-0.3, -0.25) is 9.79 Å². The first kappa shape index (κ1) is 17.8. The lowest BCUT2D eigenvalue weighted by atomic mass is 9.80. The molecule has 2 aliphatic rings. The Morgan fingerprint density at radius 3 is 2.93 bits per heavy atom. The van der Waals surface area contributed by atoms with E-state index in [0.717, 1.165) is 47.6 Å². The summed E-state index contributed by atoms with van der Waals surface area (Å²) >= 11 is 0. The summed E-state index contributed by atoms with van der Waals surface area (Å²) in [5.41, 5.74) is 5.06. The predicted octanol–water partition coefficient (Wildman–Crippen LogP) is 2.97. The number of rotatable bonds is 4. The molecule has 2 aliphatic heterocycles. The summed E-state index contributed by atoms with van der Waals surface area (Å²) in [6.45, 7) is 1.59. The zero-order valence-electron chi connectivity index (χ0n) is 16.3. The molecule has 0 spiro atoms. The third-order valence-corrected chi connectivity index (χ3v) is 5.67. The summed E-state index contributed by atoms with van der Waals surface area (Å²) in [4.78, 5) is 17.2. The van der Waals surface area contributed by atoms with Crippen LogP contribution in [-0.4, -0.2) is 35.5 Å². The quantitative estimate of drug-likeness (QED) is 0.645. The molecule has 0 bridgehead atoms. The first-order valence-corrected chi connectivity index (χ1v) is 9.98. The van der Waals surface area contributed by atoms with Crippen molar-refractivity contribution in [3.8, 4) is 0 Å². The standard InChI is InChI=1S/C23H23N5O/c1-24-13-14-6-4-7-15(12-14)19-21(18-9-2-3-11-25-18)26-17-10-5-8-16-20(17)22(19)27-28-23(16)29/h2,4-10,12,19,21,24,26H,3,11,13H2,1H3,(H,28,29). The van der Waals surface area contributed by atoms with E-state index in [0.29, 0.717) is 5.39 Å². The van der Waals surface area contributed by atoms with Crippen LogP contribution in [0.1, 0.15) is 29.2 Å². The molecule has 1 aromatic heterocycles. The van der Waals surface area contributed by atoms with E-state index >= 15 is 0 Å². The van der Waals surface area contributed by atoms with Gasteiger partial charge in [0.25, 0.3) is 5.56 Å². The van der Waals surface area contributed by atoms with Crippen LogP contribution in [0.2, 0.25) is 0 Å². The molecule has 29 heavy (non-hydrogen) atoms. The lowest BCUT2D eigenvalue weighted by Gasteiger charge is -2.35. The molecule has 3 aromatic rings. The van der Waals surface area contributed by atoms with Crippen LogP contribution >= 0.6 is 0 Å². The third kappa shape index (κ3) is 3.06. The van der Waals surface area contributed by atoms with Gasteiger partial charge in [-0.15, -0.1) is 0 Å². The number of nitrogens with one attached hydrogen (secondary N) is 3. The van der Waals surface area contributed by atoms with Gasteiger partial charge >= 0.3 is 0 Å². The highest BCUT2D eigenvalue weighted by Crippen LogP contribution is 2.40. The largest absolute Gasteiger partial charge is 0.375 e. The van der Waals surface area contributed by atoms with E-state index in [1.807, 2.05) is 25.2 Å². The molecule has 5 rings (SSSR count). The second-order valence-corrected chi connectivity index (χ2v) is 7.54. The van der Waals surface area contributed by atoms with Crippen LogP contribution in [0.3, 0.4) is 0 Å². The summed E-state index contributed by atoms with van der Waals surface area (Å²) in [6, 6.07) is 14.3. The maximum atomic E-state index is 12.4. The first-order valence-electron chi connectivity index (χ1n) is 9.98. The van der Waals surface area contributed by atoms with Gasteiger partial charge in [0.15, 0.2) is 0 Å². The van der Waals surface area contributed by atoms with Crippen LogP contribution in [0.25, 0.3) is 10.8 Å². The van der Waals surface area contributed by atoms with Crippen molar-refractivity contribution >= 4 is 22.2 Å². The van der Waals surface area contributed by atoms with Gasteiger partial charge in [0.1, 0.15) is 0 Å². The topological polar surface area (TPSA) is 82.2 Å². The van der Waals surface area contributed by atoms with Crippen LogP contribution in [-0.2, 0) is 6.54 Å². The lowest BCUT2D eigenvalue weighted by molar-refractivity contribution is 0.712. The van der Waals surface area contributed by atoms with Gasteiger partial charge in [-0.05, 0) is 42.8 Å². The second kappa shape index (κ2) is 7.29. The van der Waals surface area contributed by atoms with E-state index in [2.05, 4.69) is 57.2 Å². The predicted molar refractivity (Wildman–Crippen MR) is 117 cm³/mol. The fourth-order valence-electron chi connectivity index (χ4n) is 4.42. The normalized spacial score (nSPS) is 20.4. The number of aliphatic imine (C=N–C) groups is 1. The second-order valence-electron chi connectivity index (χ2n) is 7.54. The van der Waals surface area contributed by atoms with E-state index in [1.165, 1.54) is 5.56 Å². The Morgan fingerprint density at radius 1 is 1.21 bits per heavy atom. The minimum atomic E-state index is -0.163.